The van der Waals surface area contributed by atoms with Crippen LogP contribution in [0.3, 0.4) is 0 Å². The predicted octanol–water partition coefficient (Wildman–Crippen LogP) is 1.74. The van der Waals surface area contributed by atoms with Gasteiger partial charge in [-0.05, 0) is 30.5 Å². The molecule has 2 fully saturated rings. The second-order valence-corrected chi connectivity index (χ2v) is 7.29. The van der Waals surface area contributed by atoms with Crippen molar-refractivity contribution in [3.8, 4) is 5.75 Å². The highest BCUT2D eigenvalue weighted by Gasteiger charge is 2.55. The second kappa shape index (κ2) is 7.03. The van der Waals surface area contributed by atoms with Crippen LogP contribution >= 0.6 is 11.8 Å². The van der Waals surface area contributed by atoms with Crippen molar-refractivity contribution < 1.29 is 24.2 Å². The van der Waals surface area contributed by atoms with Gasteiger partial charge < -0.3 is 19.5 Å². The largest absolute Gasteiger partial charge is 0.497 e. The number of ether oxygens (including phenoxy) is 2. The Labute approximate surface area is 145 Å². The van der Waals surface area contributed by atoms with Gasteiger partial charge in [-0.15, -0.1) is 11.8 Å². The number of hydrogen-bond acceptors (Lipinski definition) is 5. The van der Waals surface area contributed by atoms with Gasteiger partial charge in [0.1, 0.15) is 11.2 Å². The summed E-state index contributed by atoms with van der Waals surface area (Å²) in [5, 5.41) is 9.63. The third-order valence-corrected chi connectivity index (χ3v) is 5.83. The average Bonchev–Trinajstić information content (AvgIpc) is 3.01. The first-order chi connectivity index (χ1) is 11.5. The van der Waals surface area contributed by atoms with Crippen molar-refractivity contribution in [3.05, 3.63) is 24.3 Å². The summed E-state index contributed by atoms with van der Waals surface area (Å²) in [5.74, 6) is 0.133. The summed E-state index contributed by atoms with van der Waals surface area (Å²) in [5.41, 5.74) is -0.936. The molecule has 2 aliphatic heterocycles. The predicted molar refractivity (Wildman–Crippen MR) is 89.3 cm³/mol. The molecule has 0 spiro atoms. The molecule has 0 unspecified atom stereocenters. The molecule has 0 aliphatic carbocycles. The van der Waals surface area contributed by atoms with Crippen LogP contribution in [-0.2, 0) is 14.3 Å². The Balaban J connectivity index is 1.62. The molecule has 2 atom stereocenters. The lowest BCUT2D eigenvalue weighted by molar-refractivity contribution is -0.159. The van der Waals surface area contributed by atoms with Gasteiger partial charge in [0.15, 0.2) is 0 Å². The number of rotatable bonds is 5. The lowest BCUT2D eigenvalue weighted by atomic mass is 9.76. The van der Waals surface area contributed by atoms with Crippen LogP contribution in [0.5, 0.6) is 5.75 Å². The zero-order chi connectivity index (χ0) is 17.2. The minimum absolute atomic E-state index is 0.0190. The number of carboxylic acids is 1. The Morgan fingerprint density at radius 3 is 3.04 bits per heavy atom. The van der Waals surface area contributed by atoms with E-state index in [2.05, 4.69) is 0 Å². The quantitative estimate of drug-likeness (QED) is 0.815. The van der Waals surface area contributed by atoms with Crippen molar-refractivity contribution in [2.45, 2.75) is 11.3 Å². The molecule has 2 saturated heterocycles. The maximum Gasteiger partial charge on any atom is 0.314 e. The minimum atomic E-state index is -0.936. The number of fused-ring (bicyclic) bond motifs is 1. The van der Waals surface area contributed by atoms with Crippen molar-refractivity contribution in [1.29, 1.82) is 0 Å². The molecule has 0 saturated carbocycles. The molecular weight excluding hydrogens is 330 g/mol. The number of likely N-dealkylation sites (tertiary alicyclic amines) is 1. The van der Waals surface area contributed by atoms with Crippen molar-refractivity contribution in [3.63, 3.8) is 0 Å². The summed E-state index contributed by atoms with van der Waals surface area (Å²) in [6.45, 7) is 1.51. The summed E-state index contributed by atoms with van der Waals surface area (Å²) >= 11 is 1.44. The van der Waals surface area contributed by atoms with E-state index in [1.807, 2.05) is 24.3 Å². The van der Waals surface area contributed by atoms with Gasteiger partial charge in [-0.3, -0.25) is 9.59 Å². The van der Waals surface area contributed by atoms with Crippen LogP contribution in [0, 0.1) is 11.3 Å². The molecule has 6 nitrogen and oxygen atoms in total. The molecule has 130 valence electrons. The van der Waals surface area contributed by atoms with E-state index in [-0.39, 0.29) is 30.7 Å². The van der Waals surface area contributed by atoms with E-state index in [1.165, 1.54) is 11.8 Å². The Kier molecular flexibility index (Phi) is 5.01. The molecule has 24 heavy (non-hydrogen) atoms. The van der Waals surface area contributed by atoms with E-state index in [9.17, 15) is 14.7 Å². The monoisotopic (exact) mass is 351 g/mol. The highest BCUT2D eigenvalue weighted by molar-refractivity contribution is 8.00. The first-order valence-corrected chi connectivity index (χ1v) is 8.89. The number of carbonyl (C=O) groups excluding carboxylic acids is 1. The molecule has 2 heterocycles. The average molecular weight is 351 g/mol. The number of carboxylic acid groups (broad SMARTS) is 1. The number of methoxy groups -OCH3 is 1. The maximum absolute atomic E-state index is 12.5. The third kappa shape index (κ3) is 3.23. The standard InChI is InChI=1S/C17H21NO5S/c1-22-13-3-2-4-14(7-13)24-9-15(19)18-8-12-5-6-23-11-17(12,10-18)16(20)21/h2-4,7,12H,5-6,8-11H2,1H3,(H,20,21)/t12-,17+/m0/s1. The van der Waals surface area contributed by atoms with Crippen LogP contribution in [0.4, 0.5) is 0 Å². The van der Waals surface area contributed by atoms with E-state index in [0.717, 1.165) is 10.6 Å². The van der Waals surface area contributed by atoms with Crippen LogP contribution in [0.25, 0.3) is 0 Å². The zero-order valence-corrected chi connectivity index (χ0v) is 14.4. The van der Waals surface area contributed by atoms with Crippen LogP contribution in [0.1, 0.15) is 6.42 Å². The van der Waals surface area contributed by atoms with Gasteiger partial charge in [0.2, 0.25) is 5.91 Å². The van der Waals surface area contributed by atoms with E-state index in [1.54, 1.807) is 12.0 Å². The fourth-order valence-electron chi connectivity index (χ4n) is 3.41. The minimum Gasteiger partial charge on any atom is -0.497 e. The van der Waals surface area contributed by atoms with Crippen LogP contribution in [0.15, 0.2) is 29.2 Å². The first-order valence-electron chi connectivity index (χ1n) is 7.91. The van der Waals surface area contributed by atoms with Crippen molar-refractivity contribution in [1.82, 2.24) is 4.90 Å². The molecule has 1 amide bonds. The van der Waals surface area contributed by atoms with Gasteiger partial charge in [-0.1, -0.05) is 6.07 Å². The normalized spacial score (nSPS) is 26.0. The molecule has 1 aromatic rings. The second-order valence-electron chi connectivity index (χ2n) is 6.24. The summed E-state index contributed by atoms with van der Waals surface area (Å²) in [6, 6.07) is 7.55. The molecule has 1 aromatic carbocycles. The summed E-state index contributed by atoms with van der Waals surface area (Å²) in [4.78, 5) is 26.9. The highest BCUT2D eigenvalue weighted by atomic mass is 32.2. The SMILES string of the molecule is COc1cccc(SCC(=O)N2C[C@@H]3CCOC[C@]3(C(=O)O)C2)c1. The molecule has 7 heteroatoms. The topological polar surface area (TPSA) is 76.1 Å². The summed E-state index contributed by atoms with van der Waals surface area (Å²) < 4.78 is 10.6. The number of benzene rings is 1. The Morgan fingerprint density at radius 2 is 2.33 bits per heavy atom. The van der Waals surface area contributed by atoms with Crippen LogP contribution < -0.4 is 4.74 Å². The molecule has 0 radical (unpaired) electrons. The van der Waals surface area contributed by atoms with Gasteiger partial charge in [-0.2, -0.15) is 0 Å². The fraction of sp³-hybridized carbons (Fsp3) is 0.529. The van der Waals surface area contributed by atoms with Gasteiger partial charge >= 0.3 is 5.97 Å². The van der Waals surface area contributed by atoms with Crippen molar-refractivity contribution >= 4 is 23.6 Å². The van der Waals surface area contributed by atoms with Crippen LogP contribution in [-0.4, -0.2) is 61.0 Å². The summed E-state index contributed by atoms with van der Waals surface area (Å²) in [7, 11) is 1.61. The van der Waals surface area contributed by atoms with Crippen LogP contribution in [0.2, 0.25) is 0 Å². The van der Waals surface area contributed by atoms with Gasteiger partial charge in [0.05, 0.1) is 19.5 Å². The summed E-state index contributed by atoms with van der Waals surface area (Å²) in [6.07, 6.45) is 0.694. The van der Waals surface area contributed by atoms with Gasteiger partial charge in [-0.25, -0.2) is 0 Å². The molecular formula is C17H21NO5S. The van der Waals surface area contributed by atoms with E-state index in [4.69, 9.17) is 9.47 Å². The molecule has 1 N–H and O–H groups in total. The first kappa shape index (κ1) is 17.1. The van der Waals surface area contributed by atoms with Gasteiger partial charge in [0, 0.05) is 24.6 Å². The maximum atomic E-state index is 12.5. The number of aliphatic carboxylic acids is 1. The van der Waals surface area contributed by atoms with Gasteiger partial charge in [0.25, 0.3) is 0 Å². The Morgan fingerprint density at radius 1 is 1.50 bits per heavy atom. The van der Waals surface area contributed by atoms with E-state index < -0.39 is 11.4 Å². The van der Waals surface area contributed by atoms with E-state index in [0.29, 0.717) is 19.6 Å². The number of carbonyl (C=O) groups is 2. The Hall–Kier alpha value is -1.73. The number of hydrogen-bond donors (Lipinski definition) is 1. The van der Waals surface area contributed by atoms with Crippen molar-refractivity contribution in [2.75, 3.05) is 39.2 Å². The molecule has 2 aliphatic rings. The molecule has 0 aromatic heterocycles. The fourth-order valence-corrected chi connectivity index (χ4v) is 4.25. The zero-order valence-electron chi connectivity index (χ0n) is 13.6. The van der Waals surface area contributed by atoms with Crippen molar-refractivity contribution in [2.24, 2.45) is 11.3 Å². The Bertz CT molecular complexity index is 637. The smallest absolute Gasteiger partial charge is 0.314 e. The molecule has 0 bridgehead atoms. The number of amides is 1. The lowest BCUT2D eigenvalue weighted by Crippen LogP contribution is -2.46. The lowest BCUT2D eigenvalue weighted by Gasteiger charge is -2.33. The van der Waals surface area contributed by atoms with E-state index >= 15 is 0 Å². The molecule has 3 rings (SSSR count). The third-order valence-electron chi connectivity index (χ3n) is 4.85. The number of thioether (sulfide) groups is 1. The highest BCUT2D eigenvalue weighted by Crippen LogP contribution is 2.42. The number of nitrogens with zero attached hydrogens (tertiary/aromatic N) is 1.